The molecule has 2 aromatic heterocycles. The van der Waals surface area contributed by atoms with Crippen molar-refractivity contribution >= 4 is 22.8 Å². The third-order valence-corrected chi connectivity index (χ3v) is 4.60. The Balaban J connectivity index is 1.57. The molecular formula is C19H20N4O2. The molecule has 1 amide bonds. The van der Waals surface area contributed by atoms with Crippen molar-refractivity contribution in [1.82, 2.24) is 15.3 Å². The van der Waals surface area contributed by atoms with Crippen molar-refractivity contribution in [3.8, 4) is 0 Å². The molecule has 3 aromatic rings. The number of piperidine rings is 1. The zero-order valence-electron chi connectivity index (χ0n) is 14.1. The first-order valence-electron chi connectivity index (χ1n) is 8.54. The number of oxazole rings is 1. The standard InChI is InChI=1S/C19H20N4O2/c1-20-18(24)15-8-4-10-17(21-15)23-11-5-6-13(12-23)19-22-14-7-2-3-9-16(14)25-19/h2-4,7-10,13H,5-6,11-12H2,1H3,(H,20,24). The van der Waals surface area contributed by atoms with Gasteiger partial charge in [0.2, 0.25) is 0 Å². The fourth-order valence-corrected chi connectivity index (χ4v) is 3.31. The Morgan fingerprint density at radius 3 is 2.92 bits per heavy atom. The number of carbonyl (C=O) groups excluding carboxylic acids is 1. The number of hydrogen-bond acceptors (Lipinski definition) is 5. The van der Waals surface area contributed by atoms with E-state index in [1.54, 1.807) is 13.1 Å². The number of aromatic nitrogens is 2. The van der Waals surface area contributed by atoms with Crippen LogP contribution in [0.25, 0.3) is 11.1 Å². The van der Waals surface area contributed by atoms with Gasteiger partial charge in [0, 0.05) is 20.1 Å². The van der Waals surface area contributed by atoms with Crippen molar-refractivity contribution in [1.29, 1.82) is 0 Å². The van der Waals surface area contributed by atoms with E-state index >= 15 is 0 Å². The van der Waals surface area contributed by atoms with Gasteiger partial charge in [-0.25, -0.2) is 9.97 Å². The molecule has 6 nitrogen and oxygen atoms in total. The number of nitrogens with zero attached hydrogens (tertiary/aromatic N) is 3. The van der Waals surface area contributed by atoms with Crippen molar-refractivity contribution in [2.24, 2.45) is 0 Å². The monoisotopic (exact) mass is 336 g/mol. The van der Waals surface area contributed by atoms with Gasteiger partial charge in [-0.2, -0.15) is 0 Å². The van der Waals surface area contributed by atoms with Crippen LogP contribution in [0.1, 0.15) is 35.1 Å². The van der Waals surface area contributed by atoms with Crippen LogP contribution in [-0.2, 0) is 0 Å². The van der Waals surface area contributed by atoms with Crippen LogP contribution in [-0.4, -0.2) is 36.0 Å². The molecule has 1 atom stereocenters. The first-order valence-corrected chi connectivity index (χ1v) is 8.54. The van der Waals surface area contributed by atoms with Crippen LogP contribution in [0, 0.1) is 0 Å². The number of hydrogen-bond donors (Lipinski definition) is 1. The number of anilines is 1. The van der Waals surface area contributed by atoms with Gasteiger partial charge in [0.05, 0.1) is 5.92 Å². The highest BCUT2D eigenvalue weighted by molar-refractivity contribution is 5.92. The second-order valence-corrected chi connectivity index (χ2v) is 6.27. The first kappa shape index (κ1) is 15.6. The summed E-state index contributed by atoms with van der Waals surface area (Å²) in [7, 11) is 1.61. The largest absolute Gasteiger partial charge is 0.440 e. The van der Waals surface area contributed by atoms with Crippen LogP contribution in [0.15, 0.2) is 46.9 Å². The Bertz CT molecular complexity index is 872. The van der Waals surface area contributed by atoms with Gasteiger partial charge >= 0.3 is 0 Å². The van der Waals surface area contributed by atoms with Crippen molar-refractivity contribution in [2.75, 3.05) is 25.0 Å². The summed E-state index contributed by atoms with van der Waals surface area (Å²) in [6.45, 7) is 1.71. The third-order valence-electron chi connectivity index (χ3n) is 4.60. The van der Waals surface area contributed by atoms with Crippen LogP contribution in [0.4, 0.5) is 5.82 Å². The second kappa shape index (κ2) is 6.55. The summed E-state index contributed by atoms with van der Waals surface area (Å²) in [4.78, 5) is 23.2. The van der Waals surface area contributed by atoms with Crippen molar-refractivity contribution in [3.05, 3.63) is 54.0 Å². The highest BCUT2D eigenvalue weighted by atomic mass is 16.3. The Kier molecular flexibility index (Phi) is 4.09. The van der Waals surface area contributed by atoms with Crippen molar-refractivity contribution < 1.29 is 9.21 Å². The zero-order chi connectivity index (χ0) is 17.2. The molecule has 4 rings (SSSR count). The van der Waals surface area contributed by atoms with E-state index in [-0.39, 0.29) is 11.8 Å². The lowest BCUT2D eigenvalue weighted by atomic mass is 9.98. The Morgan fingerprint density at radius 1 is 1.20 bits per heavy atom. The molecular weight excluding hydrogens is 316 g/mol. The number of fused-ring (bicyclic) bond motifs is 1. The predicted molar refractivity (Wildman–Crippen MR) is 95.8 cm³/mol. The fraction of sp³-hybridized carbons (Fsp3) is 0.316. The van der Waals surface area contributed by atoms with Gasteiger partial charge in [0.25, 0.3) is 5.91 Å². The van der Waals surface area contributed by atoms with E-state index in [2.05, 4.69) is 20.2 Å². The molecule has 1 aliphatic rings. The van der Waals surface area contributed by atoms with Crippen LogP contribution < -0.4 is 10.2 Å². The number of carbonyl (C=O) groups is 1. The van der Waals surface area contributed by atoms with Gasteiger partial charge in [0.15, 0.2) is 11.5 Å². The Hall–Kier alpha value is -2.89. The molecule has 3 heterocycles. The summed E-state index contributed by atoms with van der Waals surface area (Å²) in [5, 5.41) is 2.62. The highest BCUT2D eigenvalue weighted by Gasteiger charge is 2.26. The molecule has 1 saturated heterocycles. The molecule has 0 radical (unpaired) electrons. The number of amides is 1. The summed E-state index contributed by atoms with van der Waals surface area (Å²) < 4.78 is 5.95. The summed E-state index contributed by atoms with van der Waals surface area (Å²) in [6.07, 6.45) is 2.08. The minimum atomic E-state index is -0.172. The van der Waals surface area contributed by atoms with Crippen LogP contribution in [0.2, 0.25) is 0 Å². The summed E-state index contributed by atoms with van der Waals surface area (Å²) in [5.74, 6) is 1.66. The molecule has 25 heavy (non-hydrogen) atoms. The summed E-state index contributed by atoms with van der Waals surface area (Å²) in [6, 6.07) is 13.4. The van der Waals surface area contributed by atoms with E-state index in [9.17, 15) is 4.79 Å². The molecule has 1 N–H and O–H groups in total. The zero-order valence-corrected chi connectivity index (χ0v) is 14.1. The smallest absolute Gasteiger partial charge is 0.269 e. The molecule has 6 heteroatoms. The first-order chi connectivity index (χ1) is 12.2. The van der Waals surface area contributed by atoms with Gasteiger partial charge in [-0.15, -0.1) is 0 Å². The van der Waals surface area contributed by atoms with Gasteiger partial charge in [0.1, 0.15) is 17.0 Å². The SMILES string of the molecule is CNC(=O)c1cccc(N2CCCC(c3nc4ccccc4o3)C2)n1. The van der Waals surface area contributed by atoms with E-state index < -0.39 is 0 Å². The van der Waals surface area contributed by atoms with E-state index in [4.69, 9.17) is 4.42 Å². The maximum atomic E-state index is 11.8. The average Bonchev–Trinajstić information content (AvgIpc) is 3.12. The maximum absolute atomic E-state index is 11.8. The van der Waals surface area contributed by atoms with Gasteiger partial charge in [-0.1, -0.05) is 18.2 Å². The van der Waals surface area contributed by atoms with Crippen LogP contribution >= 0.6 is 0 Å². The molecule has 1 aliphatic heterocycles. The number of rotatable bonds is 3. The number of pyridine rings is 1. The lowest BCUT2D eigenvalue weighted by molar-refractivity contribution is 0.0958. The van der Waals surface area contributed by atoms with E-state index in [1.165, 1.54) is 0 Å². The predicted octanol–water partition coefficient (Wildman–Crippen LogP) is 2.97. The number of nitrogens with one attached hydrogen (secondary N) is 1. The van der Waals surface area contributed by atoms with Crippen molar-refractivity contribution in [2.45, 2.75) is 18.8 Å². The summed E-state index contributed by atoms with van der Waals surface area (Å²) >= 11 is 0. The maximum Gasteiger partial charge on any atom is 0.269 e. The average molecular weight is 336 g/mol. The lowest BCUT2D eigenvalue weighted by Gasteiger charge is -2.32. The molecule has 0 aliphatic carbocycles. The number of para-hydroxylation sites is 2. The molecule has 0 bridgehead atoms. The van der Waals surface area contributed by atoms with Gasteiger partial charge in [-0.05, 0) is 37.1 Å². The minimum absolute atomic E-state index is 0.172. The molecule has 1 aromatic carbocycles. The van der Waals surface area contributed by atoms with E-state index in [0.29, 0.717) is 5.69 Å². The highest BCUT2D eigenvalue weighted by Crippen LogP contribution is 2.30. The number of benzene rings is 1. The Labute approximate surface area is 145 Å². The van der Waals surface area contributed by atoms with Gasteiger partial charge < -0.3 is 14.6 Å². The fourth-order valence-electron chi connectivity index (χ4n) is 3.31. The lowest BCUT2D eigenvalue weighted by Crippen LogP contribution is -2.35. The summed E-state index contributed by atoms with van der Waals surface area (Å²) in [5.41, 5.74) is 2.16. The van der Waals surface area contributed by atoms with Crippen LogP contribution in [0.5, 0.6) is 0 Å². The third kappa shape index (κ3) is 3.07. The Morgan fingerprint density at radius 2 is 2.08 bits per heavy atom. The molecule has 1 fully saturated rings. The van der Waals surface area contributed by atoms with E-state index in [1.807, 2.05) is 36.4 Å². The topological polar surface area (TPSA) is 71.3 Å². The molecule has 1 unspecified atom stereocenters. The molecule has 0 saturated carbocycles. The van der Waals surface area contributed by atoms with E-state index in [0.717, 1.165) is 48.7 Å². The molecule has 0 spiro atoms. The molecule has 128 valence electrons. The minimum Gasteiger partial charge on any atom is -0.440 e. The van der Waals surface area contributed by atoms with Crippen LogP contribution in [0.3, 0.4) is 0 Å². The quantitative estimate of drug-likeness (QED) is 0.796. The normalized spacial score (nSPS) is 17.6. The second-order valence-electron chi connectivity index (χ2n) is 6.27. The van der Waals surface area contributed by atoms with Crippen molar-refractivity contribution in [3.63, 3.8) is 0 Å². The van der Waals surface area contributed by atoms with Gasteiger partial charge in [-0.3, -0.25) is 4.79 Å².